The third kappa shape index (κ3) is 2.64. The second-order valence-corrected chi connectivity index (χ2v) is 11.0. The van der Waals surface area contributed by atoms with E-state index in [0.717, 1.165) is 36.6 Å². The number of hydrogen-bond donors (Lipinski definition) is 2. The van der Waals surface area contributed by atoms with Crippen LogP contribution in [0.25, 0.3) is 0 Å². The lowest BCUT2D eigenvalue weighted by molar-refractivity contribution is -0.150. The van der Waals surface area contributed by atoms with Gasteiger partial charge in [-0.1, -0.05) is 40.5 Å². The van der Waals surface area contributed by atoms with E-state index >= 15 is 0 Å². The van der Waals surface area contributed by atoms with Crippen LogP contribution >= 0.6 is 0 Å². The predicted molar refractivity (Wildman–Crippen MR) is 104 cm³/mol. The molecule has 4 aliphatic rings. The Morgan fingerprint density at radius 2 is 1.68 bits per heavy atom. The summed E-state index contributed by atoms with van der Waals surface area (Å²) in [6.45, 7) is 10.3. The molecule has 7 atom stereocenters. The van der Waals surface area contributed by atoms with Crippen molar-refractivity contribution in [2.24, 2.45) is 34.5 Å². The topological polar surface area (TPSA) is 32.3 Å². The van der Waals surface area contributed by atoms with Crippen LogP contribution in [-0.4, -0.2) is 23.3 Å². The van der Waals surface area contributed by atoms with Crippen molar-refractivity contribution >= 4 is 0 Å². The molecule has 0 aromatic heterocycles. The molecule has 2 N–H and O–H groups in total. The highest BCUT2D eigenvalue weighted by atomic mass is 16.3. The summed E-state index contributed by atoms with van der Waals surface area (Å²) in [5.41, 5.74) is 0.254. The number of aliphatic hydroxyl groups is 1. The molecule has 0 aromatic carbocycles. The molecule has 0 radical (unpaired) electrons. The average Bonchev–Trinajstić information content (AvgIpc) is 2.84. The van der Waals surface area contributed by atoms with Crippen LogP contribution in [0.1, 0.15) is 91.9 Å². The molecule has 2 nitrogen and oxygen atoms in total. The highest BCUT2D eigenvalue weighted by Crippen LogP contribution is 2.68. The minimum Gasteiger partial charge on any atom is -0.388 e. The average molecular weight is 348 g/mol. The minimum atomic E-state index is -0.489. The molecule has 2 heteroatoms. The summed E-state index contributed by atoms with van der Waals surface area (Å²) >= 11 is 0. The fourth-order valence-corrected chi connectivity index (χ4v) is 8.07. The van der Waals surface area contributed by atoms with Crippen LogP contribution in [0, 0.1) is 34.5 Å². The van der Waals surface area contributed by atoms with E-state index in [1.165, 1.54) is 57.8 Å². The Balaban J connectivity index is 1.57. The molecule has 4 fully saturated rings. The van der Waals surface area contributed by atoms with Gasteiger partial charge in [-0.05, 0) is 80.5 Å². The number of rotatable bonds is 3. The van der Waals surface area contributed by atoms with Crippen molar-refractivity contribution < 1.29 is 5.11 Å². The van der Waals surface area contributed by atoms with E-state index in [1.807, 2.05) is 0 Å². The second-order valence-electron chi connectivity index (χ2n) is 11.0. The van der Waals surface area contributed by atoms with Crippen LogP contribution in [0.2, 0.25) is 0 Å². The van der Waals surface area contributed by atoms with Crippen molar-refractivity contribution in [1.29, 1.82) is 0 Å². The van der Waals surface area contributed by atoms with E-state index in [0.29, 0.717) is 11.5 Å². The zero-order valence-electron chi connectivity index (χ0n) is 17.1. The Bertz CT molecular complexity index is 504. The van der Waals surface area contributed by atoms with Gasteiger partial charge in [0, 0.05) is 18.0 Å². The third-order valence-corrected chi connectivity index (χ3v) is 9.71. The molecular weight excluding hydrogens is 306 g/mol. The second kappa shape index (κ2) is 6.23. The van der Waals surface area contributed by atoms with E-state index in [2.05, 4.69) is 33.0 Å². The predicted octanol–water partition coefficient (Wildman–Crippen LogP) is 5.15. The maximum Gasteiger partial charge on any atom is 0.0827 e. The molecule has 4 saturated carbocycles. The van der Waals surface area contributed by atoms with Gasteiger partial charge in [0.25, 0.3) is 0 Å². The number of hydrogen-bond acceptors (Lipinski definition) is 2. The van der Waals surface area contributed by atoms with Gasteiger partial charge in [-0.3, -0.25) is 0 Å². The molecule has 0 amide bonds. The molecule has 0 bridgehead atoms. The van der Waals surface area contributed by atoms with E-state index in [-0.39, 0.29) is 5.41 Å². The quantitative estimate of drug-likeness (QED) is 0.740. The lowest BCUT2D eigenvalue weighted by Gasteiger charge is -2.61. The highest BCUT2D eigenvalue weighted by Gasteiger charge is 2.64. The van der Waals surface area contributed by atoms with E-state index in [4.69, 9.17) is 0 Å². The molecule has 0 heterocycles. The van der Waals surface area contributed by atoms with Gasteiger partial charge in [-0.25, -0.2) is 0 Å². The summed E-state index contributed by atoms with van der Waals surface area (Å²) in [5, 5.41) is 15.2. The molecular formula is C23H41NO. The maximum atomic E-state index is 11.6. The van der Waals surface area contributed by atoms with Crippen molar-refractivity contribution in [3.8, 4) is 0 Å². The van der Waals surface area contributed by atoms with Crippen LogP contribution in [0.4, 0.5) is 0 Å². The van der Waals surface area contributed by atoms with Gasteiger partial charge < -0.3 is 10.4 Å². The SMILES string of the molecule is CC(C)NC[C@@]1(O)CC[C@H]2[C@@H]3CC[C@@H]4CCCC[C@]4(C)[C@H]3CC[C@@]21C. The van der Waals surface area contributed by atoms with E-state index in [9.17, 15) is 5.11 Å². The Labute approximate surface area is 155 Å². The summed E-state index contributed by atoms with van der Waals surface area (Å²) < 4.78 is 0. The Morgan fingerprint density at radius 3 is 2.44 bits per heavy atom. The van der Waals surface area contributed by atoms with Crippen LogP contribution < -0.4 is 5.32 Å². The fraction of sp³-hybridized carbons (Fsp3) is 1.00. The smallest absolute Gasteiger partial charge is 0.0827 e. The van der Waals surface area contributed by atoms with E-state index in [1.54, 1.807) is 0 Å². The summed E-state index contributed by atoms with van der Waals surface area (Å²) in [6, 6.07) is 0.458. The standard InChI is InChI=1S/C23H41NO/c1-16(2)24-15-23(25)14-11-20-18-9-8-17-7-5-6-12-21(17,3)19(18)10-13-22(20,23)4/h16-20,24-25H,5-15H2,1-4H3/t17-,18+,19-,20-,21-,22-,23-/m0/s1. The maximum absolute atomic E-state index is 11.6. The van der Waals surface area contributed by atoms with Crippen molar-refractivity contribution in [2.75, 3.05) is 6.54 Å². The Hall–Kier alpha value is -0.0800. The van der Waals surface area contributed by atoms with Gasteiger partial charge in [0.1, 0.15) is 0 Å². The third-order valence-electron chi connectivity index (χ3n) is 9.71. The molecule has 4 aliphatic carbocycles. The van der Waals surface area contributed by atoms with Gasteiger partial charge in [0.05, 0.1) is 5.60 Å². The van der Waals surface area contributed by atoms with Gasteiger partial charge in [0.2, 0.25) is 0 Å². The first-order valence-corrected chi connectivity index (χ1v) is 11.3. The van der Waals surface area contributed by atoms with Gasteiger partial charge in [0.15, 0.2) is 0 Å². The van der Waals surface area contributed by atoms with Crippen molar-refractivity contribution in [2.45, 2.75) is 104 Å². The summed E-state index contributed by atoms with van der Waals surface area (Å²) in [4.78, 5) is 0. The van der Waals surface area contributed by atoms with Crippen LogP contribution in [0.15, 0.2) is 0 Å². The van der Waals surface area contributed by atoms with Crippen LogP contribution in [0.5, 0.6) is 0 Å². The highest BCUT2D eigenvalue weighted by molar-refractivity contribution is 5.14. The van der Waals surface area contributed by atoms with Crippen molar-refractivity contribution in [1.82, 2.24) is 5.32 Å². The molecule has 0 unspecified atom stereocenters. The lowest BCUT2D eigenvalue weighted by Crippen LogP contribution is -2.58. The zero-order chi connectivity index (χ0) is 17.9. The molecule has 0 aromatic rings. The first-order chi connectivity index (χ1) is 11.8. The molecule has 0 saturated heterocycles. The summed E-state index contributed by atoms with van der Waals surface area (Å²) in [7, 11) is 0. The lowest BCUT2D eigenvalue weighted by atomic mass is 9.44. The van der Waals surface area contributed by atoms with Gasteiger partial charge in [-0.2, -0.15) is 0 Å². The molecule has 0 aliphatic heterocycles. The fourth-order valence-electron chi connectivity index (χ4n) is 8.07. The number of nitrogens with one attached hydrogen (secondary N) is 1. The van der Waals surface area contributed by atoms with Crippen molar-refractivity contribution in [3.63, 3.8) is 0 Å². The van der Waals surface area contributed by atoms with Crippen LogP contribution in [0.3, 0.4) is 0 Å². The molecule has 4 rings (SSSR count). The van der Waals surface area contributed by atoms with Crippen molar-refractivity contribution in [3.05, 3.63) is 0 Å². The zero-order valence-corrected chi connectivity index (χ0v) is 17.1. The molecule has 144 valence electrons. The molecule has 25 heavy (non-hydrogen) atoms. The molecule has 0 spiro atoms. The first kappa shape index (κ1) is 18.3. The van der Waals surface area contributed by atoms with Crippen LogP contribution in [-0.2, 0) is 0 Å². The van der Waals surface area contributed by atoms with Gasteiger partial charge >= 0.3 is 0 Å². The number of fused-ring (bicyclic) bond motifs is 5. The Morgan fingerprint density at radius 1 is 0.920 bits per heavy atom. The summed E-state index contributed by atoms with van der Waals surface area (Å²) in [5.74, 6) is 3.57. The van der Waals surface area contributed by atoms with E-state index < -0.39 is 5.60 Å². The normalized spacial score (nSPS) is 52.6. The summed E-state index contributed by atoms with van der Waals surface area (Å²) in [6.07, 6.45) is 13.7. The monoisotopic (exact) mass is 347 g/mol. The minimum absolute atomic E-state index is 0.133. The Kier molecular flexibility index (Phi) is 4.56. The first-order valence-electron chi connectivity index (χ1n) is 11.3. The largest absolute Gasteiger partial charge is 0.388 e. The van der Waals surface area contributed by atoms with Gasteiger partial charge in [-0.15, -0.1) is 0 Å².